The molecule has 0 bridgehead atoms. The van der Waals surface area contributed by atoms with Crippen LogP contribution in [0.2, 0.25) is 0 Å². The molecule has 0 spiro atoms. The average Bonchev–Trinajstić information content (AvgIpc) is 2.40. The summed E-state index contributed by atoms with van der Waals surface area (Å²) in [5.41, 5.74) is 6.96. The molecule has 0 amide bonds. The van der Waals surface area contributed by atoms with Gasteiger partial charge in [-0.15, -0.1) is 0 Å². The second kappa shape index (κ2) is 6.87. The van der Waals surface area contributed by atoms with Crippen molar-refractivity contribution in [1.29, 1.82) is 0 Å². The molecule has 0 aliphatic carbocycles. The Bertz CT molecular complexity index is 685. The van der Waals surface area contributed by atoms with Gasteiger partial charge in [0.05, 0.1) is 4.90 Å². The summed E-state index contributed by atoms with van der Waals surface area (Å²) < 4.78 is 14.0. The number of rotatable bonds is 5. The smallest absolute Gasteiger partial charge is 0.251 e. The lowest BCUT2D eigenvalue weighted by Crippen LogP contribution is -2.10. The number of nitrogens with one attached hydrogen (secondary N) is 1. The zero-order valence-corrected chi connectivity index (χ0v) is 12.8. The minimum Gasteiger partial charge on any atom is -0.324 e. The number of hydrogen-bond acceptors (Lipinski definition) is 4. The Kier molecular flexibility index (Phi) is 5.14. The standard InChI is InChI=1S/C15H18FN3OS/c1-3-4-11-8-14(20)19-15(18-11)21-13-6-5-10(9(2)17)7-12(13)16/h5-9H,3-4,17H2,1-2H3,(H,18,19,20)/t9-/m0/s1. The molecule has 6 heteroatoms. The zero-order chi connectivity index (χ0) is 15.4. The molecule has 0 fully saturated rings. The summed E-state index contributed by atoms with van der Waals surface area (Å²) in [5.74, 6) is -0.363. The summed E-state index contributed by atoms with van der Waals surface area (Å²) in [7, 11) is 0. The van der Waals surface area contributed by atoms with E-state index in [0.717, 1.165) is 35.9 Å². The molecule has 2 aromatic rings. The lowest BCUT2D eigenvalue weighted by atomic mass is 10.1. The molecular weight excluding hydrogens is 289 g/mol. The van der Waals surface area contributed by atoms with E-state index in [1.165, 1.54) is 12.1 Å². The van der Waals surface area contributed by atoms with E-state index in [4.69, 9.17) is 5.73 Å². The van der Waals surface area contributed by atoms with E-state index < -0.39 is 0 Å². The summed E-state index contributed by atoms with van der Waals surface area (Å²) in [6.45, 7) is 3.82. The number of nitrogens with zero attached hydrogens (tertiary/aromatic N) is 1. The first-order valence-corrected chi connectivity index (χ1v) is 7.64. The second-order valence-electron chi connectivity index (χ2n) is 4.87. The first-order valence-electron chi connectivity index (χ1n) is 6.82. The maximum Gasteiger partial charge on any atom is 0.251 e. The van der Waals surface area contributed by atoms with Crippen LogP contribution in [0.5, 0.6) is 0 Å². The Morgan fingerprint density at radius 2 is 2.19 bits per heavy atom. The molecule has 1 aromatic heterocycles. The van der Waals surface area contributed by atoms with Crippen LogP contribution in [0.3, 0.4) is 0 Å². The fourth-order valence-electron chi connectivity index (χ4n) is 1.90. The van der Waals surface area contributed by atoms with Crippen molar-refractivity contribution < 1.29 is 4.39 Å². The molecule has 2 rings (SSSR count). The highest BCUT2D eigenvalue weighted by atomic mass is 32.2. The van der Waals surface area contributed by atoms with Crippen LogP contribution in [0.1, 0.15) is 37.6 Å². The van der Waals surface area contributed by atoms with Gasteiger partial charge < -0.3 is 10.7 Å². The number of aryl methyl sites for hydroxylation is 1. The van der Waals surface area contributed by atoms with Crippen LogP contribution in [0.15, 0.2) is 39.1 Å². The number of hydrogen-bond donors (Lipinski definition) is 2. The van der Waals surface area contributed by atoms with Gasteiger partial charge in [0.25, 0.3) is 5.56 Å². The Balaban J connectivity index is 2.27. The highest BCUT2D eigenvalue weighted by Crippen LogP contribution is 2.28. The zero-order valence-electron chi connectivity index (χ0n) is 12.0. The minimum atomic E-state index is -0.363. The van der Waals surface area contributed by atoms with Gasteiger partial charge in [-0.05, 0) is 42.8 Å². The van der Waals surface area contributed by atoms with Crippen molar-refractivity contribution in [2.75, 3.05) is 0 Å². The maximum atomic E-state index is 14.0. The largest absolute Gasteiger partial charge is 0.324 e. The molecule has 0 aliphatic heterocycles. The van der Waals surface area contributed by atoms with Crippen molar-refractivity contribution in [3.63, 3.8) is 0 Å². The number of aromatic nitrogens is 2. The summed E-state index contributed by atoms with van der Waals surface area (Å²) >= 11 is 1.11. The van der Waals surface area contributed by atoms with E-state index in [1.54, 1.807) is 19.1 Å². The highest BCUT2D eigenvalue weighted by molar-refractivity contribution is 7.99. The van der Waals surface area contributed by atoms with Crippen LogP contribution in [0.25, 0.3) is 0 Å². The molecule has 0 aliphatic rings. The molecule has 0 unspecified atom stereocenters. The van der Waals surface area contributed by atoms with Crippen LogP contribution >= 0.6 is 11.8 Å². The third kappa shape index (κ3) is 4.15. The lowest BCUT2D eigenvalue weighted by Gasteiger charge is -2.08. The first kappa shape index (κ1) is 15.7. The summed E-state index contributed by atoms with van der Waals surface area (Å²) in [6, 6.07) is 6.11. The van der Waals surface area contributed by atoms with Crippen LogP contribution < -0.4 is 11.3 Å². The Labute approximate surface area is 127 Å². The van der Waals surface area contributed by atoms with E-state index in [0.29, 0.717) is 10.1 Å². The first-order chi connectivity index (χ1) is 9.99. The number of nitrogens with two attached hydrogens (primary N) is 1. The second-order valence-corrected chi connectivity index (χ2v) is 5.90. The summed E-state index contributed by atoms with van der Waals surface area (Å²) in [4.78, 5) is 19.0. The van der Waals surface area contributed by atoms with Gasteiger partial charge in [0.1, 0.15) is 5.82 Å². The Morgan fingerprint density at radius 3 is 2.81 bits per heavy atom. The fourth-order valence-corrected chi connectivity index (χ4v) is 2.72. The SMILES string of the molecule is CCCc1cc(=O)[nH]c(Sc2ccc([C@H](C)N)cc2F)n1. The van der Waals surface area contributed by atoms with Crippen LogP contribution in [0, 0.1) is 5.82 Å². The highest BCUT2D eigenvalue weighted by Gasteiger charge is 2.10. The monoisotopic (exact) mass is 307 g/mol. The van der Waals surface area contributed by atoms with Crippen LogP contribution in [-0.4, -0.2) is 9.97 Å². The molecular formula is C15H18FN3OS. The van der Waals surface area contributed by atoms with E-state index in [-0.39, 0.29) is 17.4 Å². The van der Waals surface area contributed by atoms with Crippen molar-refractivity contribution in [1.82, 2.24) is 9.97 Å². The molecule has 0 saturated carbocycles. The number of aromatic amines is 1. The number of halogens is 1. The predicted molar refractivity (Wildman–Crippen MR) is 82.0 cm³/mol. The van der Waals surface area contributed by atoms with E-state index in [2.05, 4.69) is 9.97 Å². The van der Waals surface area contributed by atoms with Gasteiger partial charge >= 0.3 is 0 Å². The molecule has 1 atom stereocenters. The predicted octanol–water partition coefficient (Wildman–Crippen LogP) is 3.03. The van der Waals surface area contributed by atoms with Crippen molar-refractivity contribution in [3.05, 3.63) is 51.7 Å². The third-order valence-electron chi connectivity index (χ3n) is 2.97. The van der Waals surface area contributed by atoms with Crippen LogP contribution in [-0.2, 0) is 6.42 Å². The van der Waals surface area contributed by atoms with Crippen molar-refractivity contribution >= 4 is 11.8 Å². The molecule has 21 heavy (non-hydrogen) atoms. The third-order valence-corrected chi connectivity index (χ3v) is 3.91. The fraction of sp³-hybridized carbons (Fsp3) is 0.333. The van der Waals surface area contributed by atoms with Gasteiger partial charge in [-0.3, -0.25) is 4.79 Å². The van der Waals surface area contributed by atoms with Gasteiger partial charge in [0, 0.05) is 17.8 Å². The van der Waals surface area contributed by atoms with Crippen molar-refractivity contribution in [2.24, 2.45) is 5.73 Å². The van der Waals surface area contributed by atoms with Gasteiger partial charge in [-0.1, -0.05) is 19.4 Å². The molecule has 0 saturated heterocycles. The van der Waals surface area contributed by atoms with E-state index in [1.807, 2.05) is 6.92 Å². The Hall–Kier alpha value is -1.66. The van der Waals surface area contributed by atoms with Crippen molar-refractivity contribution in [2.45, 2.75) is 42.8 Å². The number of H-pyrrole nitrogens is 1. The summed E-state index contributed by atoms with van der Waals surface area (Å²) in [5, 5.41) is 0.401. The van der Waals surface area contributed by atoms with Gasteiger partial charge in [-0.25, -0.2) is 9.37 Å². The molecule has 0 radical (unpaired) electrons. The molecule has 1 aromatic carbocycles. The van der Waals surface area contributed by atoms with E-state index in [9.17, 15) is 9.18 Å². The normalized spacial score (nSPS) is 12.4. The van der Waals surface area contributed by atoms with Gasteiger partial charge in [0.2, 0.25) is 0 Å². The van der Waals surface area contributed by atoms with Crippen LogP contribution in [0.4, 0.5) is 4.39 Å². The lowest BCUT2D eigenvalue weighted by molar-refractivity contribution is 0.596. The maximum absolute atomic E-state index is 14.0. The number of benzene rings is 1. The van der Waals surface area contributed by atoms with E-state index >= 15 is 0 Å². The Morgan fingerprint density at radius 1 is 1.43 bits per heavy atom. The molecule has 3 N–H and O–H groups in total. The van der Waals surface area contributed by atoms with Crippen molar-refractivity contribution in [3.8, 4) is 0 Å². The molecule has 1 heterocycles. The average molecular weight is 307 g/mol. The van der Waals surface area contributed by atoms with Gasteiger partial charge in [-0.2, -0.15) is 0 Å². The molecule has 112 valence electrons. The quantitative estimate of drug-likeness (QED) is 0.833. The molecule has 4 nitrogen and oxygen atoms in total. The topological polar surface area (TPSA) is 71.8 Å². The minimum absolute atomic E-state index is 0.218. The van der Waals surface area contributed by atoms with Gasteiger partial charge in [0.15, 0.2) is 5.16 Å². The summed E-state index contributed by atoms with van der Waals surface area (Å²) in [6.07, 6.45) is 1.63.